The van der Waals surface area contributed by atoms with Crippen molar-refractivity contribution in [3.8, 4) is 0 Å². The number of ether oxygens (including phenoxy) is 2. The van der Waals surface area contributed by atoms with Gasteiger partial charge in [0.1, 0.15) is 24.4 Å². The van der Waals surface area contributed by atoms with Crippen molar-refractivity contribution < 1.29 is 39.8 Å². The minimum atomic E-state index is -1.58. The highest BCUT2D eigenvalue weighted by Crippen LogP contribution is 2.23. The van der Waals surface area contributed by atoms with Crippen molar-refractivity contribution in [3.05, 3.63) is 60.8 Å². The van der Waals surface area contributed by atoms with Crippen LogP contribution in [0.25, 0.3) is 0 Å². The summed E-state index contributed by atoms with van der Waals surface area (Å²) in [5, 5.41) is 54.3. The van der Waals surface area contributed by atoms with Gasteiger partial charge < -0.3 is 40.3 Å². The summed E-state index contributed by atoms with van der Waals surface area (Å²) in [6, 6.07) is -0.828. The van der Waals surface area contributed by atoms with E-state index in [0.29, 0.717) is 6.42 Å². The van der Waals surface area contributed by atoms with Gasteiger partial charge in [0.2, 0.25) is 5.91 Å². The molecule has 420 valence electrons. The molecule has 1 amide bonds. The van der Waals surface area contributed by atoms with E-state index in [0.717, 1.165) is 57.8 Å². The van der Waals surface area contributed by atoms with Gasteiger partial charge in [-0.25, -0.2) is 0 Å². The van der Waals surface area contributed by atoms with E-state index in [4.69, 9.17) is 9.47 Å². The first kappa shape index (κ1) is 67.9. The van der Waals surface area contributed by atoms with Crippen molar-refractivity contribution >= 4 is 5.91 Å². The summed E-state index contributed by atoms with van der Waals surface area (Å²) < 4.78 is 11.2. The van der Waals surface area contributed by atoms with Crippen LogP contribution < -0.4 is 5.32 Å². The molecule has 0 radical (unpaired) electrons. The summed E-state index contributed by atoms with van der Waals surface area (Å²) in [4.78, 5) is 13.0. The summed E-state index contributed by atoms with van der Waals surface area (Å²) in [5.74, 6) is -0.191. The molecule has 9 nitrogen and oxygen atoms in total. The van der Waals surface area contributed by atoms with E-state index in [2.05, 4.69) is 67.8 Å². The maximum atomic E-state index is 13.0. The Morgan fingerprint density at radius 1 is 0.472 bits per heavy atom. The van der Waals surface area contributed by atoms with Gasteiger partial charge in [0.15, 0.2) is 6.29 Å². The molecule has 0 aromatic carbocycles. The summed E-state index contributed by atoms with van der Waals surface area (Å²) in [6.45, 7) is 3.72. The second-order valence-corrected chi connectivity index (χ2v) is 21.1. The minimum absolute atomic E-state index is 0.191. The van der Waals surface area contributed by atoms with Crippen LogP contribution in [0.2, 0.25) is 0 Å². The molecule has 1 heterocycles. The quantitative estimate of drug-likeness (QED) is 0.0261. The summed E-state index contributed by atoms with van der Waals surface area (Å²) >= 11 is 0. The standard InChI is InChI=1S/C63H115NO8/c1-3-5-7-9-11-13-15-17-18-19-20-21-22-23-24-25-26-27-28-29-30-31-32-33-34-35-36-37-38-39-40-41-43-45-47-49-51-53-59(67)64-56(55-71-63-62(70)61(69)60(68)58(54-65)72-63)57(66)52-50-48-46-44-42-16-14-12-10-8-6-4-2/h10,12,24-25,27-28,42,44,50,52,56-58,60-63,65-66,68-70H,3-9,11,13-23,26,29-41,43,45-49,51,53-55H2,1-2H3,(H,64,67)/b12-10+,25-24-,28-27-,44-42+,52-50+. The number of rotatable bonds is 52. The molecular weight excluding hydrogens is 899 g/mol. The molecule has 0 aromatic heterocycles. The van der Waals surface area contributed by atoms with Gasteiger partial charge in [0.05, 0.1) is 25.4 Å². The van der Waals surface area contributed by atoms with Crippen LogP contribution in [-0.2, 0) is 14.3 Å². The first-order valence-electron chi connectivity index (χ1n) is 30.5. The molecule has 0 aromatic rings. The molecule has 7 atom stereocenters. The van der Waals surface area contributed by atoms with Gasteiger partial charge in [0.25, 0.3) is 0 Å². The lowest BCUT2D eigenvalue weighted by atomic mass is 9.99. The monoisotopic (exact) mass is 1010 g/mol. The number of unbranched alkanes of at least 4 members (excludes halogenated alkanes) is 34. The molecule has 0 saturated carbocycles. The Labute approximate surface area is 443 Å². The van der Waals surface area contributed by atoms with Gasteiger partial charge >= 0.3 is 0 Å². The van der Waals surface area contributed by atoms with E-state index in [1.54, 1.807) is 6.08 Å². The zero-order chi connectivity index (χ0) is 52.2. The second-order valence-electron chi connectivity index (χ2n) is 21.1. The molecule has 1 aliphatic heterocycles. The smallest absolute Gasteiger partial charge is 0.220 e. The van der Waals surface area contributed by atoms with Crippen LogP contribution in [0, 0.1) is 0 Å². The average Bonchev–Trinajstić information content (AvgIpc) is 3.38. The first-order valence-corrected chi connectivity index (χ1v) is 30.5. The third-order valence-corrected chi connectivity index (χ3v) is 14.3. The second kappa shape index (κ2) is 52.3. The number of aliphatic hydroxyl groups excluding tert-OH is 5. The predicted octanol–water partition coefficient (Wildman–Crippen LogP) is 15.5. The van der Waals surface area contributed by atoms with Crippen LogP contribution in [0.3, 0.4) is 0 Å². The van der Waals surface area contributed by atoms with Crippen molar-refractivity contribution in [2.24, 2.45) is 0 Å². The molecular formula is C63H115NO8. The van der Waals surface area contributed by atoms with Gasteiger partial charge in [-0.3, -0.25) is 4.79 Å². The predicted molar refractivity (Wildman–Crippen MR) is 304 cm³/mol. The SMILES string of the molecule is CCCC/C=C/CC/C=C/CC/C=C/C(O)C(COC1OC(CO)C(O)C(O)C1O)NC(=O)CCCCCCCCCCCCCCCCCCC/C=C\C/C=C\CCCCCCCCCCCCCCC. The van der Waals surface area contributed by atoms with Crippen LogP contribution in [0.15, 0.2) is 60.8 Å². The van der Waals surface area contributed by atoms with Gasteiger partial charge in [-0.05, 0) is 70.6 Å². The molecule has 6 N–H and O–H groups in total. The van der Waals surface area contributed by atoms with Gasteiger partial charge in [-0.15, -0.1) is 0 Å². The van der Waals surface area contributed by atoms with E-state index in [9.17, 15) is 30.3 Å². The first-order chi connectivity index (χ1) is 35.3. The van der Waals surface area contributed by atoms with E-state index in [-0.39, 0.29) is 12.5 Å². The Kier molecular flexibility index (Phi) is 49.4. The Morgan fingerprint density at radius 3 is 1.29 bits per heavy atom. The third kappa shape index (κ3) is 41.2. The Hall–Kier alpha value is -2.11. The lowest BCUT2D eigenvalue weighted by Gasteiger charge is -2.40. The van der Waals surface area contributed by atoms with E-state index in [1.807, 2.05) is 6.08 Å². The van der Waals surface area contributed by atoms with Crippen LogP contribution >= 0.6 is 0 Å². The molecule has 7 unspecified atom stereocenters. The molecule has 1 aliphatic rings. The highest BCUT2D eigenvalue weighted by Gasteiger charge is 2.44. The summed E-state index contributed by atoms with van der Waals surface area (Å²) in [6.07, 6.45) is 64.7. The van der Waals surface area contributed by atoms with E-state index in [1.165, 1.54) is 199 Å². The van der Waals surface area contributed by atoms with Crippen molar-refractivity contribution in [3.63, 3.8) is 0 Å². The number of carbonyl (C=O) groups excluding carboxylic acids is 1. The largest absolute Gasteiger partial charge is 0.394 e. The molecule has 1 rings (SSSR count). The number of amides is 1. The topological polar surface area (TPSA) is 149 Å². The average molecular weight is 1010 g/mol. The molecule has 0 bridgehead atoms. The Bertz CT molecular complexity index is 1310. The Morgan fingerprint density at radius 2 is 0.847 bits per heavy atom. The maximum Gasteiger partial charge on any atom is 0.220 e. The van der Waals surface area contributed by atoms with Gasteiger partial charge in [-0.2, -0.15) is 0 Å². The fraction of sp³-hybridized carbons (Fsp3) is 0.825. The Balaban J connectivity index is 2.07. The number of hydrogen-bond donors (Lipinski definition) is 6. The van der Waals surface area contributed by atoms with Crippen molar-refractivity contribution in [2.45, 2.75) is 320 Å². The highest BCUT2D eigenvalue weighted by molar-refractivity contribution is 5.76. The summed E-state index contributed by atoms with van der Waals surface area (Å²) in [5.41, 5.74) is 0. The number of hydrogen-bond acceptors (Lipinski definition) is 8. The van der Waals surface area contributed by atoms with Gasteiger partial charge in [-0.1, -0.05) is 261 Å². The zero-order valence-electron chi connectivity index (χ0n) is 46.7. The molecule has 9 heteroatoms. The molecule has 0 spiro atoms. The highest BCUT2D eigenvalue weighted by atomic mass is 16.7. The van der Waals surface area contributed by atoms with Crippen LogP contribution in [0.5, 0.6) is 0 Å². The van der Waals surface area contributed by atoms with Crippen LogP contribution in [0.1, 0.15) is 277 Å². The van der Waals surface area contributed by atoms with Crippen LogP contribution in [0.4, 0.5) is 0 Å². The number of nitrogens with one attached hydrogen (secondary N) is 1. The maximum absolute atomic E-state index is 13.0. The number of allylic oxidation sites excluding steroid dienone is 9. The van der Waals surface area contributed by atoms with E-state index >= 15 is 0 Å². The molecule has 0 aliphatic carbocycles. The van der Waals surface area contributed by atoms with Crippen molar-refractivity contribution in [1.29, 1.82) is 0 Å². The normalized spacial score (nSPS) is 19.6. The third-order valence-electron chi connectivity index (χ3n) is 14.3. The number of aliphatic hydroxyl groups is 5. The molecule has 1 fully saturated rings. The zero-order valence-corrected chi connectivity index (χ0v) is 46.7. The van der Waals surface area contributed by atoms with Crippen LogP contribution in [-0.4, -0.2) is 87.5 Å². The summed E-state index contributed by atoms with van der Waals surface area (Å²) in [7, 11) is 0. The lowest BCUT2D eigenvalue weighted by Crippen LogP contribution is -2.60. The molecule has 1 saturated heterocycles. The fourth-order valence-electron chi connectivity index (χ4n) is 9.44. The van der Waals surface area contributed by atoms with E-state index < -0.39 is 49.5 Å². The van der Waals surface area contributed by atoms with Gasteiger partial charge in [0, 0.05) is 6.42 Å². The van der Waals surface area contributed by atoms with Crippen molar-refractivity contribution in [1.82, 2.24) is 5.32 Å². The molecule has 72 heavy (non-hydrogen) atoms. The van der Waals surface area contributed by atoms with Crippen molar-refractivity contribution in [2.75, 3.05) is 13.2 Å². The fourth-order valence-corrected chi connectivity index (χ4v) is 9.44. The number of carbonyl (C=O) groups is 1. The minimum Gasteiger partial charge on any atom is -0.394 e. The lowest BCUT2D eigenvalue weighted by molar-refractivity contribution is -0.302.